The van der Waals surface area contributed by atoms with Gasteiger partial charge in [0.2, 0.25) is 11.8 Å². The number of aromatic amines is 1. The van der Waals surface area contributed by atoms with Gasteiger partial charge in [0, 0.05) is 22.2 Å². The molecule has 10 heteroatoms. The SMILES string of the molecule is CCOCCOc1ccc(-c2[nH]c(=O)n([C@@H](Cc3ccccc3)C(=O)Nc3ccc(I)cc3F)c2O)cc1. The third-order valence-electron chi connectivity index (χ3n) is 5.82. The number of anilines is 1. The lowest BCUT2D eigenvalue weighted by Crippen LogP contribution is -2.33. The van der Waals surface area contributed by atoms with Crippen LogP contribution in [0.25, 0.3) is 11.3 Å². The van der Waals surface area contributed by atoms with Gasteiger partial charge >= 0.3 is 5.69 Å². The fraction of sp³-hybridized carbons (Fsp3) is 0.214. The van der Waals surface area contributed by atoms with E-state index < -0.39 is 29.3 Å². The molecule has 0 aliphatic rings. The zero-order valence-electron chi connectivity index (χ0n) is 20.6. The number of nitrogens with zero attached hydrogens (tertiary/aromatic N) is 1. The summed E-state index contributed by atoms with van der Waals surface area (Å²) in [5, 5.41) is 13.7. The van der Waals surface area contributed by atoms with Gasteiger partial charge in [-0.1, -0.05) is 30.3 Å². The van der Waals surface area contributed by atoms with E-state index in [0.29, 0.717) is 34.7 Å². The summed E-state index contributed by atoms with van der Waals surface area (Å²) < 4.78 is 27.0. The first-order chi connectivity index (χ1) is 18.4. The second-order valence-corrected chi connectivity index (χ2v) is 9.63. The van der Waals surface area contributed by atoms with E-state index in [1.807, 2.05) is 59.8 Å². The molecule has 0 fully saturated rings. The monoisotopic (exact) mass is 631 g/mol. The molecule has 198 valence electrons. The van der Waals surface area contributed by atoms with Gasteiger partial charge in [-0.15, -0.1) is 0 Å². The van der Waals surface area contributed by atoms with Crippen molar-refractivity contribution >= 4 is 34.2 Å². The van der Waals surface area contributed by atoms with Crippen LogP contribution in [0, 0.1) is 9.39 Å². The molecule has 3 N–H and O–H groups in total. The van der Waals surface area contributed by atoms with Gasteiger partial charge in [0.1, 0.15) is 29.9 Å². The van der Waals surface area contributed by atoms with Crippen LogP contribution in [0.2, 0.25) is 0 Å². The number of rotatable bonds is 11. The van der Waals surface area contributed by atoms with E-state index in [0.717, 1.165) is 10.1 Å². The number of amides is 1. The van der Waals surface area contributed by atoms with Crippen LogP contribution in [0.4, 0.5) is 10.1 Å². The van der Waals surface area contributed by atoms with Crippen molar-refractivity contribution in [2.75, 3.05) is 25.1 Å². The van der Waals surface area contributed by atoms with Gasteiger partial charge in [0.25, 0.3) is 0 Å². The zero-order valence-corrected chi connectivity index (χ0v) is 22.8. The summed E-state index contributed by atoms with van der Waals surface area (Å²) in [4.78, 5) is 29.1. The average molecular weight is 631 g/mol. The van der Waals surface area contributed by atoms with Gasteiger partial charge in [-0.25, -0.2) is 13.8 Å². The van der Waals surface area contributed by atoms with E-state index in [1.165, 1.54) is 12.1 Å². The first-order valence-corrected chi connectivity index (χ1v) is 13.1. The van der Waals surface area contributed by atoms with Crippen molar-refractivity contribution in [3.05, 3.63) is 98.2 Å². The molecule has 1 heterocycles. The van der Waals surface area contributed by atoms with Gasteiger partial charge in [-0.3, -0.25) is 4.79 Å². The Balaban J connectivity index is 1.64. The normalized spacial score (nSPS) is 11.8. The van der Waals surface area contributed by atoms with Crippen molar-refractivity contribution in [1.29, 1.82) is 0 Å². The number of H-pyrrole nitrogens is 1. The minimum absolute atomic E-state index is 0.0169. The van der Waals surface area contributed by atoms with E-state index in [-0.39, 0.29) is 17.8 Å². The van der Waals surface area contributed by atoms with E-state index in [1.54, 1.807) is 30.3 Å². The number of aromatic nitrogens is 2. The van der Waals surface area contributed by atoms with Crippen LogP contribution in [-0.2, 0) is 16.0 Å². The van der Waals surface area contributed by atoms with Gasteiger partial charge in [-0.2, -0.15) is 0 Å². The van der Waals surface area contributed by atoms with Crippen molar-refractivity contribution in [2.45, 2.75) is 19.4 Å². The van der Waals surface area contributed by atoms with Crippen LogP contribution in [-0.4, -0.2) is 40.4 Å². The third-order valence-corrected chi connectivity index (χ3v) is 6.49. The Kier molecular flexibility index (Phi) is 9.19. The number of aromatic hydroxyl groups is 1. The molecule has 4 aromatic rings. The molecule has 1 aromatic heterocycles. The van der Waals surface area contributed by atoms with Crippen molar-refractivity contribution < 1.29 is 23.8 Å². The summed E-state index contributed by atoms with van der Waals surface area (Å²) in [5.41, 5.74) is 0.754. The molecule has 38 heavy (non-hydrogen) atoms. The first-order valence-electron chi connectivity index (χ1n) is 12.0. The Morgan fingerprint density at radius 1 is 1.11 bits per heavy atom. The van der Waals surface area contributed by atoms with Crippen LogP contribution in [0.5, 0.6) is 11.6 Å². The summed E-state index contributed by atoms with van der Waals surface area (Å²) >= 11 is 1.97. The number of halogens is 2. The lowest BCUT2D eigenvalue weighted by molar-refractivity contribution is -0.119. The maximum atomic E-state index is 14.5. The molecule has 0 unspecified atom stereocenters. The summed E-state index contributed by atoms with van der Waals surface area (Å²) in [6.45, 7) is 3.37. The molecule has 8 nitrogen and oxygen atoms in total. The largest absolute Gasteiger partial charge is 0.493 e. The molecular formula is C28H27FIN3O5. The van der Waals surface area contributed by atoms with Crippen molar-refractivity contribution in [3.8, 4) is 22.9 Å². The maximum absolute atomic E-state index is 14.5. The van der Waals surface area contributed by atoms with Crippen LogP contribution < -0.4 is 15.7 Å². The van der Waals surface area contributed by atoms with Gasteiger partial charge in [0.15, 0.2) is 0 Å². The minimum Gasteiger partial charge on any atom is -0.493 e. The molecule has 0 radical (unpaired) electrons. The fourth-order valence-corrected chi connectivity index (χ4v) is 4.41. The standard InChI is InChI=1S/C28H27FIN3O5/c1-2-37-14-15-38-21-11-8-19(9-12-21)25-27(35)33(28(36)32-25)24(16-18-6-4-3-5-7-18)26(34)31-23-13-10-20(30)17-22(23)29/h3-13,17,24,35H,2,14-16H2,1H3,(H,31,34)(H,32,36)/t24-/m0/s1. The molecule has 0 aliphatic heterocycles. The Morgan fingerprint density at radius 2 is 1.84 bits per heavy atom. The van der Waals surface area contributed by atoms with Crippen LogP contribution >= 0.6 is 22.6 Å². The summed E-state index contributed by atoms with van der Waals surface area (Å²) in [7, 11) is 0. The number of carbonyl (C=O) groups is 1. The number of nitrogens with one attached hydrogen (secondary N) is 2. The number of hydrogen-bond donors (Lipinski definition) is 3. The molecule has 4 rings (SSSR count). The van der Waals surface area contributed by atoms with Crippen molar-refractivity contribution in [2.24, 2.45) is 0 Å². The summed E-state index contributed by atoms with van der Waals surface area (Å²) in [6, 6.07) is 19.1. The quantitative estimate of drug-likeness (QED) is 0.157. The topological polar surface area (TPSA) is 106 Å². The third kappa shape index (κ3) is 6.62. The number of carbonyl (C=O) groups excluding carboxylic acids is 1. The lowest BCUT2D eigenvalue weighted by Gasteiger charge is -2.19. The number of benzene rings is 3. The van der Waals surface area contributed by atoms with Crippen LogP contribution in [0.3, 0.4) is 0 Å². The molecule has 0 saturated heterocycles. The number of ether oxygens (including phenoxy) is 2. The maximum Gasteiger partial charge on any atom is 0.329 e. The fourth-order valence-electron chi connectivity index (χ4n) is 3.96. The molecule has 0 bridgehead atoms. The van der Waals surface area contributed by atoms with E-state index in [2.05, 4.69) is 10.3 Å². The zero-order chi connectivity index (χ0) is 27.1. The predicted molar refractivity (Wildman–Crippen MR) is 151 cm³/mol. The highest BCUT2D eigenvalue weighted by Gasteiger charge is 2.28. The number of hydrogen-bond acceptors (Lipinski definition) is 5. The minimum atomic E-state index is -1.16. The molecule has 0 spiro atoms. The highest BCUT2D eigenvalue weighted by molar-refractivity contribution is 14.1. The van der Waals surface area contributed by atoms with E-state index >= 15 is 0 Å². The van der Waals surface area contributed by atoms with Crippen molar-refractivity contribution in [3.63, 3.8) is 0 Å². The average Bonchev–Trinajstić information content (AvgIpc) is 3.21. The highest BCUT2D eigenvalue weighted by atomic mass is 127. The smallest absolute Gasteiger partial charge is 0.329 e. The van der Waals surface area contributed by atoms with Crippen LogP contribution in [0.1, 0.15) is 18.5 Å². The second-order valence-electron chi connectivity index (χ2n) is 8.39. The molecule has 0 saturated carbocycles. The second kappa shape index (κ2) is 12.7. The molecule has 3 aromatic carbocycles. The Bertz CT molecular complexity index is 1440. The molecule has 0 aliphatic carbocycles. The lowest BCUT2D eigenvalue weighted by atomic mass is 10.0. The molecular weight excluding hydrogens is 604 g/mol. The Labute approximate surface area is 232 Å². The number of imidazole rings is 1. The van der Waals surface area contributed by atoms with E-state index in [4.69, 9.17) is 9.47 Å². The molecule has 1 atom stereocenters. The van der Waals surface area contributed by atoms with E-state index in [9.17, 15) is 19.1 Å². The molecule has 1 amide bonds. The first kappa shape index (κ1) is 27.4. The summed E-state index contributed by atoms with van der Waals surface area (Å²) in [6.07, 6.45) is 0.0933. The van der Waals surface area contributed by atoms with Crippen LogP contribution in [0.15, 0.2) is 77.6 Å². The van der Waals surface area contributed by atoms with Gasteiger partial charge in [-0.05, 0) is 77.5 Å². The predicted octanol–water partition coefficient (Wildman–Crippen LogP) is 5.13. The van der Waals surface area contributed by atoms with Crippen molar-refractivity contribution in [1.82, 2.24) is 9.55 Å². The van der Waals surface area contributed by atoms with Gasteiger partial charge in [0.05, 0.1) is 12.3 Å². The Hall–Kier alpha value is -3.64. The van der Waals surface area contributed by atoms with Gasteiger partial charge < -0.3 is 24.9 Å². The highest BCUT2D eigenvalue weighted by Crippen LogP contribution is 2.31. The Morgan fingerprint density at radius 3 is 2.53 bits per heavy atom. The summed E-state index contributed by atoms with van der Waals surface area (Å²) in [5.74, 6) is -1.04.